The minimum absolute atomic E-state index is 0.0281. The lowest BCUT2D eigenvalue weighted by Crippen LogP contribution is -2.57. The molecule has 0 radical (unpaired) electrons. The number of aliphatic hydroxyl groups excluding tert-OH is 3. The van der Waals surface area contributed by atoms with Crippen LogP contribution in [0.1, 0.15) is 66.7 Å². The number of ketones is 1. The summed E-state index contributed by atoms with van der Waals surface area (Å²) in [5.41, 5.74) is 3.90. The molecule has 3 aliphatic rings. The maximum absolute atomic E-state index is 14.0. The lowest BCUT2D eigenvalue weighted by molar-refractivity contribution is -0.290. The second kappa shape index (κ2) is 16.6. The van der Waals surface area contributed by atoms with Gasteiger partial charge in [-0.15, -0.1) is 0 Å². The van der Waals surface area contributed by atoms with Crippen molar-refractivity contribution in [2.75, 3.05) is 67.6 Å². The highest BCUT2D eigenvalue weighted by Gasteiger charge is 2.48. The average molecular weight is 645 g/mol. The molecule has 3 heterocycles. The predicted octanol–water partition coefficient (Wildman–Crippen LogP) is 0.895. The quantitative estimate of drug-likeness (QED) is 0.297. The SMILES string of the molecule is CO[C@]1(C)C[C@@H](C)CN(C)C(C2CCN(C[C@@H](N)CO)CC2)CO[C@@H](O)C(C)(C)C(=O)C[C@H]1O[C@@H]1O[C@H](C)C[C@H](N(C)C)[C@H]1O. The molecule has 0 spiro atoms. The Balaban J connectivity index is 1.86. The Morgan fingerprint density at radius 2 is 1.80 bits per heavy atom. The van der Waals surface area contributed by atoms with Gasteiger partial charge in [0.25, 0.3) is 0 Å². The van der Waals surface area contributed by atoms with Crippen molar-refractivity contribution in [1.82, 2.24) is 14.7 Å². The molecule has 12 heteroatoms. The van der Waals surface area contributed by atoms with Gasteiger partial charge in [0.15, 0.2) is 12.6 Å². The van der Waals surface area contributed by atoms with Crippen LogP contribution in [0.25, 0.3) is 0 Å². The Labute approximate surface area is 271 Å². The third-order valence-corrected chi connectivity index (χ3v) is 10.7. The summed E-state index contributed by atoms with van der Waals surface area (Å²) in [6.45, 7) is 13.0. The maximum Gasteiger partial charge on any atom is 0.185 e. The first-order chi connectivity index (χ1) is 21.0. The van der Waals surface area contributed by atoms with Gasteiger partial charge in [-0.25, -0.2) is 0 Å². The highest BCUT2D eigenvalue weighted by atomic mass is 16.7. The van der Waals surface area contributed by atoms with E-state index in [9.17, 15) is 20.1 Å². The number of hydrogen-bond acceptors (Lipinski definition) is 12. The van der Waals surface area contributed by atoms with Crippen molar-refractivity contribution < 1.29 is 39.1 Å². The van der Waals surface area contributed by atoms with E-state index in [0.29, 0.717) is 31.9 Å². The van der Waals surface area contributed by atoms with Gasteiger partial charge in [0.1, 0.15) is 11.9 Å². The second-order valence-electron chi connectivity index (χ2n) is 15.1. The van der Waals surface area contributed by atoms with E-state index in [2.05, 4.69) is 23.8 Å². The van der Waals surface area contributed by atoms with Gasteiger partial charge in [0, 0.05) is 44.7 Å². The number of Topliss-reactive ketones (excluding diaryl/α,β-unsaturated/α-hetero) is 1. The van der Waals surface area contributed by atoms with Crippen LogP contribution in [0.15, 0.2) is 0 Å². The number of hydrogen-bond donors (Lipinski definition) is 4. The van der Waals surface area contributed by atoms with Gasteiger partial charge >= 0.3 is 0 Å². The van der Waals surface area contributed by atoms with E-state index < -0.39 is 35.8 Å². The van der Waals surface area contributed by atoms with Gasteiger partial charge in [-0.2, -0.15) is 0 Å². The molecule has 0 aliphatic carbocycles. The van der Waals surface area contributed by atoms with Crippen molar-refractivity contribution in [1.29, 1.82) is 0 Å². The Hall–Kier alpha value is -0.770. The molecule has 0 saturated carbocycles. The lowest BCUT2D eigenvalue weighted by Gasteiger charge is -2.45. The van der Waals surface area contributed by atoms with Gasteiger partial charge in [-0.1, -0.05) is 6.92 Å². The second-order valence-corrected chi connectivity index (χ2v) is 15.1. The van der Waals surface area contributed by atoms with E-state index in [1.807, 2.05) is 32.8 Å². The summed E-state index contributed by atoms with van der Waals surface area (Å²) in [5, 5.41) is 31.9. The highest BCUT2D eigenvalue weighted by Crippen LogP contribution is 2.37. The number of likely N-dealkylation sites (tertiary alicyclic amines) is 1. The fourth-order valence-electron chi connectivity index (χ4n) is 7.45. The van der Waals surface area contributed by atoms with Crippen LogP contribution in [-0.4, -0.2) is 158 Å². The minimum atomic E-state index is -1.31. The van der Waals surface area contributed by atoms with Gasteiger partial charge in [0.2, 0.25) is 0 Å². The highest BCUT2D eigenvalue weighted by molar-refractivity contribution is 5.85. The molecule has 0 aromatic heterocycles. The predicted molar refractivity (Wildman–Crippen MR) is 173 cm³/mol. The molecule has 5 N–H and O–H groups in total. The first kappa shape index (κ1) is 38.7. The fourth-order valence-corrected chi connectivity index (χ4v) is 7.45. The van der Waals surface area contributed by atoms with Gasteiger partial charge < -0.3 is 54.7 Å². The normalized spacial score (nSPS) is 39.6. The van der Waals surface area contributed by atoms with Crippen molar-refractivity contribution in [3.8, 4) is 0 Å². The number of rotatable bonds is 8. The van der Waals surface area contributed by atoms with Crippen molar-refractivity contribution in [2.24, 2.45) is 23.0 Å². The molecule has 0 amide bonds. The van der Waals surface area contributed by atoms with Crippen LogP contribution in [0.4, 0.5) is 0 Å². The van der Waals surface area contributed by atoms with Crippen LogP contribution in [0.2, 0.25) is 0 Å². The summed E-state index contributed by atoms with van der Waals surface area (Å²) in [4.78, 5) is 20.6. The standard InChI is InChI=1S/C33H64N4O8/c1-21-16-33(5,42-9)28(45-30-29(40)25(35(6)7)14-22(2)44-30)15-27(39)32(3,4)31(41)43-20-26(36(8)17-21)23-10-12-37(13-11-23)18-24(34)19-38/h21-26,28-31,38,40-41H,10-20,34H2,1-9H3/t21-,22-,24-,25+,26?,28-,29-,30+,31-,33-/m1/s1. The molecule has 12 nitrogen and oxygen atoms in total. The Morgan fingerprint density at radius 3 is 2.38 bits per heavy atom. The summed E-state index contributed by atoms with van der Waals surface area (Å²) in [6, 6.07) is -0.367. The molecule has 3 fully saturated rings. The van der Waals surface area contributed by atoms with Crippen LogP contribution in [0.5, 0.6) is 0 Å². The van der Waals surface area contributed by atoms with Gasteiger partial charge in [-0.3, -0.25) is 4.79 Å². The Kier molecular flexibility index (Phi) is 14.2. The molecule has 3 saturated heterocycles. The van der Waals surface area contributed by atoms with E-state index >= 15 is 0 Å². The molecule has 264 valence electrons. The summed E-state index contributed by atoms with van der Waals surface area (Å²) in [5.74, 6) is 0.285. The number of piperidine rings is 1. The van der Waals surface area contributed by atoms with Crippen LogP contribution in [0.3, 0.4) is 0 Å². The zero-order valence-corrected chi connectivity index (χ0v) is 29.4. The van der Waals surface area contributed by atoms with Crippen molar-refractivity contribution in [3.63, 3.8) is 0 Å². The number of carbonyl (C=O) groups excluding carboxylic acids is 1. The molecular weight excluding hydrogens is 580 g/mol. The zero-order valence-electron chi connectivity index (χ0n) is 29.4. The van der Waals surface area contributed by atoms with E-state index in [1.165, 1.54) is 0 Å². The fraction of sp³-hybridized carbons (Fsp3) is 0.970. The zero-order chi connectivity index (χ0) is 33.7. The van der Waals surface area contributed by atoms with Crippen molar-refractivity contribution >= 4 is 5.78 Å². The topological polar surface area (TPSA) is 150 Å². The number of aliphatic hydroxyl groups is 3. The van der Waals surface area contributed by atoms with Gasteiger partial charge in [-0.05, 0) is 99.4 Å². The third kappa shape index (κ3) is 9.88. The first-order valence-electron chi connectivity index (χ1n) is 16.8. The molecule has 1 unspecified atom stereocenters. The van der Waals surface area contributed by atoms with Gasteiger partial charge in [0.05, 0.1) is 36.4 Å². The third-order valence-electron chi connectivity index (χ3n) is 10.7. The van der Waals surface area contributed by atoms with Crippen molar-refractivity contribution in [3.05, 3.63) is 0 Å². The molecule has 3 aliphatic heterocycles. The summed E-state index contributed by atoms with van der Waals surface area (Å²) in [7, 11) is 7.60. The average Bonchev–Trinajstić information content (AvgIpc) is 2.98. The van der Waals surface area contributed by atoms with E-state index in [1.54, 1.807) is 21.0 Å². The molecule has 3 rings (SSSR count). The minimum Gasteiger partial charge on any atom is -0.395 e. The summed E-state index contributed by atoms with van der Waals surface area (Å²) in [6.07, 6.45) is -0.909. The number of nitrogens with zero attached hydrogens (tertiary/aromatic N) is 3. The Morgan fingerprint density at radius 1 is 1.16 bits per heavy atom. The number of ether oxygens (including phenoxy) is 4. The largest absolute Gasteiger partial charge is 0.395 e. The Bertz CT molecular complexity index is 919. The smallest absolute Gasteiger partial charge is 0.185 e. The number of carbonyl (C=O) groups is 1. The number of likely N-dealkylation sites (N-methyl/N-ethyl adjacent to an activating group) is 2. The summed E-state index contributed by atoms with van der Waals surface area (Å²) >= 11 is 0. The van der Waals surface area contributed by atoms with Crippen molar-refractivity contribution in [2.45, 2.75) is 121 Å². The van der Waals surface area contributed by atoms with Crippen LogP contribution < -0.4 is 5.73 Å². The monoisotopic (exact) mass is 644 g/mol. The molecule has 0 aromatic rings. The molecule has 0 bridgehead atoms. The molecule has 10 atom stereocenters. The molecular formula is C33H64N4O8. The number of methoxy groups -OCH3 is 1. The van der Waals surface area contributed by atoms with E-state index in [0.717, 1.165) is 32.5 Å². The van der Waals surface area contributed by atoms with E-state index in [-0.39, 0.29) is 49.0 Å². The lowest BCUT2D eigenvalue weighted by atomic mass is 9.79. The van der Waals surface area contributed by atoms with Crippen LogP contribution >= 0.6 is 0 Å². The first-order valence-corrected chi connectivity index (χ1v) is 16.8. The number of nitrogens with two attached hydrogens (primary N) is 1. The van der Waals surface area contributed by atoms with Crippen LogP contribution in [-0.2, 0) is 23.7 Å². The summed E-state index contributed by atoms with van der Waals surface area (Å²) < 4.78 is 25.0. The molecule has 0 aromatic carbocycles. The molecule has 45 heavy (non-hydrogen) atoms. The maximum atomic E-state index is 14.0. The van der Waals surface area contributed by atoms with E-state index in [4.69, 9.17) is 24.7 Å². The van der Waals surface area contributed by atoms with Crippen LogP contribution in [0, 0.1) is 17.3 Å².